The van der Waals surface area contributed by atoms with Crippen LogP contribution >= 0.6 is 0 Å². The molecule has 1 aromatic rings. The van der Waals surface area contributed by atoms with Crippen molar-refractivity contribution in [2.24, 2.45) is 0 Å². The molecule has 0 unspecified atom stereocenters. The normalized spacial score (nSPS) is 9.12. The first kappa shape index (κ1) is 12.4. The minimum Gasteiger partial charge on any atom is -0.494 e. The van der Waals surface area contributed by atoms with E-state index in [1.54, 1.807) is 0 Å². The van der Waals surface area contributed by atoms with Gasteiger partial charge in [0.15, 0.2) is 0 Å². The average molecular weight is 219 g/mol. The van der Waals surface area contributed by atoms with Gasteiger partial charge in [0, 0.05) is 6.07 Å². The largest absolute Gasteiger partial charge is 0.494 e. The Morgan fingerprint density at radius 1 is 1.19 bits per heavy atom. The standard InChI is InChI=1S/C13H17NO2/c1-3-15-12-7-6-8-13(11-12)16-10-5-4-9-14-2/h6-8,11,14H,3,9-10H2,1-2H3. The Bertz CT molecular complexity index is 366. The fraction of sp³-hybridized carbons (Fsp3) is 0.385. The van der Waals surface area contributed by atoms with Gasteiger partial charge in [-0.15, -0.1) is 0 Å². The minimum absolute atomic E-state index is 0.400. The smallest absolute Gasteiger partial charge is 0.149 e. The first-order valence-corrected chi connectivity index (χ1v) is 5.32. The molecule has 0 saturated heterocycles. The monoisotopic (exact) mass is 219 g/mol. The van der Waals surface area contributed by atoms with Gasteiger partial charge in [-0.2, -0.15) is 0 Å². The summed E-state index contributed by atoms with van der Waals surface area (Å²) in [5, 5.41) is 2.94. The minimum atomic E-state index is 0.400. The Morgan fingerprint density at radius 3 is 2.62 bits per heavy atom. The molecule has 0 fully saturated rings. The van der Waals surface area contributed by atoms with Gasteiger partial charge in [-0.05, 0) is 26.1 Å². The van der Waals surface area contributed by atoms with Crippen LogP contribution in [0.2, 0.25) is 0 Å². The first-order chi connectivity index (χ1) is 7.86. The summed E-state index contributed by atoms with van der Waals surface area (Å²) in [6, 6.07) is 7.57. The van der Waals surface area contributed by atoms with Crippen molar-refractivity contribution < 1.29 is 9.47 Å². The third-order valence-electron chi connectivity index (χ3n) is 1.82. The van der Waals surface area contributed by atoms with E-state index in [4.69, 9.17) is 9.47 Å². The van der Waals surface area contributed by atoms with E-state index in [2.05, 4.69) is 17.2 Å². The van der Waals surface area contributed by atoms with Gasteiger partial charge in [0.05, 0.1) is 13.2 Å². The number of nitrogens with one attached hydrogen (secondary N) is 1. The average Bonchev–Trinajstić information content (AvgIpc) is 2.30. The van der Waals surface area contributed by atoms with Crippen LogP contribution in [0.4, 0.5) is 0 Å². The van der Waals surface area contributed by atoms with Gasteiger partial charge < -0.3 is 14.8 Å². The van der Waals surface area contributed by atoms with Gasteiger partial charge in [0.2, 0.25) is 0 Å². The van der Waals surface area contributed by atoms with Crippen LogP contribution in [0.3, 0.4) is 0 Å². The molecule has 0 saturated carbocycles. The summed E-state index contributed by atoms with van der Waals surface area (Å²) in [5.74, 6) is 7.44. The van der Waals surface area contributed by atoms with Crippen molar-refractivity contribution in [3.05, 3.63) is 24.3 Å². The van der Waals surface area contributed by atoms with Crippen LogP contribution in [0.25, 0.3) is 0 Å². The molecule has 0 aliphatic carbocycles. The molecule has 0 aliphatic heterocycles. The second kappa shape index (κ2) is 7.61. The van der Waals surface area contributed by atoms with Crippen molar-refractivity contribution in [1.29, 1.82) is 0 Å². The number of hydrogen-bond acceptors (Lipinski definition) is 3. The molecule has 0 amide bonds. The van der Waals surface area contributed by atoms with Crippen molar-refractivity contribution >= 4 is 0 Å². The van der Waals surface area contributed by atoms with Crippen molar-refractivity contribution in [1.82, 2.24) is 5.32 Å². The molecule has 0 aliphatic rings. The topological polar surface area (TPSA) is 30.5 Å². The van der Waals surface area contributed by atoms with Gasteiger partial charge in [0.1, 0.15) is 18.1 Å². The van der Waals surface area contributed by atoms with Crippen LogP contribution in [0, 0.1) is 11.8 Å². The molecule has 0 aromatic heterocycles. The number of ether oxygens (including phenoxy) is 2. The summed E-state index contributed by atoms with van der Waals surface area (Å²) in [4.78, 5) is 0. The Balaban J connectivity index is 2.42. The summed E-state index contributed by atoms with van der Waals surface area (Å²) in [5.41, 5.74) is 0. The third-order valence-corrected chi connectivity index (χ3v) is 1.82. The van der Waals surface area contributed by atoms with Crippen LogP contribution in [0.1, 0.15) is 6.92 Å². The van der Waals surface area contributed by atoms with E-state index in [0.717, 1.165) is 11.5 Å². The van der Waals surface area contributed by atoms with E-state index in [9.17, 15) is 0 Å². The molecule has 0 radical (unpaired) electrons. The van der Waals surface area contributed by atoms with E-state index < -0.39 is 0 Å². The lowest BCUT2D eigenvalue weighted by molar-refractivity contribution is 0.332. The van der Waals surface area contributed by atoms with Crippen LogP contribution in [-0.2, 0) is 0 Å². The number of rotatable bonds is 5. The van der Waals surface area contributed by atoms with Crippen molar-refractivity contribution in [3.63, 3.8) is 0 Å². The Kier molecular flexibility index (Phi) is 5.90. The van der Waals surface area contributed by atoms with E-state index in [-0.39, 0.29) is 0 Å². The molecule has 0 bridgehead atoms. The maximum absolute atomic E-state index is 5.46. The maximum atomic E-state index is 5.46. The highest BCUT2D eigenvalue weighted by molar-refractivity contribution is 5.33. The van der Waals surface area contributed by atoms with Gasteiger partial charge in [0.25, 0.3) is 0 Å². The van der Waals surface area contributed by atoms with Crippen LogP contribution < -0.4 is 14.8 Å². The van der Waals surface area contributed by atoms with E-state index in [1.807, 2.05) is 38.2 Å². The lowest BCUT2D eigenvalue weighted by atomic mass is 10.3. The predicted molar refractivity (Wildman–Crippen MR) is 64.8 cm³/mol. The molecule has 0 spiro atoms. The molecule has 1 rings (SSSR count). The van der Waals surface area contributed by atoms with Crippen molar-refractivity contribution in [2.75, 3.05) is 26.8 Å². The highest BCUT2D eigenvalue weighted by Crippen LogP contribution is 2.18. The second-order valence-electron chi connectivity index (χ2n) is 3.08. The van der Waals surface area contributed by atoms with Gasteiger partial charge >= 0.3 is 0 Å². The van der Waals surface area contributed by atoms with Crippen LogP contribution in [0.5, 0.6) is 11.5 Å². The van der Waals surface area contributed by atoms with Crippen molar-refractivity contribution in [2.45, 2.75) is 6.92 Å². The number of hydrogen-bond donors (Lipinski definition) is 1. The number of benzene rings is 1. The third kappa shape index (κ3) is 4.72. The zero-order valence-electron chi connectivity index (χ0n) is 9.75. The molecule has 0 heterocycles. The fourth-order valence-electron chi connectivity index (χ4n) is 1.14. The zero-order valence-corrected chi connectivity index (χ0v) is 9.75. The van der Waals surface area contributed by atoms with Crippen LogP contribution in [0.15, 0.2) is 24.3 Å². The molecule has 3 heteroatoms. The molecular weight excluding hydrogens is 202 g/mol. The van der Waals surface area contributed by atoms with E-state index in [1.165, 1.54) is 0 Å². The zero-order chi connectivity index (χ0) is 11.6. The SMILES string of the molecule is CCOc1cccc(OCC#CCNC)c1. The molecular formula is C13H17NO2. The van der Waals surface area contributed by atoms with E-state index >= 15 is 0 Å². The molecule has 86 valence electrons. The Morgan fingerprint density at radius 2 is 1.94 bits per heavy atom. The molecule has 1 N–H and O–H groups in total. The molecule has 0 atom stereocenters. The highest BCUT2D eigenvalue weighted by atomic mass is 16.5. The van der Waals surface area contributed by atoms with Gasteiger partial charge in [-0.1, -0.05) is 17.9 Å². The quantitative estimate of drug-likeness (QED) is 0.764. The summed E-state index contributed by atoms with van der Waals surface area (Å²) in [7, 11) is 1.86. The highest BCUT2D eigenvalue weighted by Gasteiger charge is 1.95. The Labute approximate surface area is 96.8 Å². The van der Waals surface area contributed by atoms with Crippen LogP contribution in [-0.4, -0.2) is 26.8 Å². The van der Waals surface area contributed by atoms with Crippen molar-refractivity contribution in [3.8, 4) is 23.3 Å². The van der Waals surface area contributed by atoms with E-state index in [0.29, 0.717) is 19.8 Å². The fourth-order valence-corrected chi connectivity index (χ4v) is 1.14. The van der Waals surface area contributed by atoms with Gasteiger partial charge in [-0.25, -0.2) is 0 Å². The summed E-state index contributed by atoms with van der Waals surface area (Å²) in [6.07, 6.45) is 0. The summed E-state index contributed by atoms with van der Waals surface area (Å²) < 4.78 is 10.8. The molecule has 16 heavy (non-hydrogen) atoms. The predicted octanol–water partition coefficient (Wildman–Crippen LogP) is 1.69. The summed E-state index contributed by atoms with van der Waals surface area (Å²) in [6.45, 7) is 3.70. The second-order valence-corrected chi connectivity index (χ2v) is 3.08. The molecule has 1 aromatic carbocycles. The summed E-state index contributed by atoms with van der Waals surface area (Å²) >= 11 is 0. The first-order valence-electron chi connectivity index (χ1n) is 5.32. The van der Waals surface area contributed by atoms with Gasteiger partial charge in [-0.3, -0.25) is 0 Å². The lowest BCUT2D eigenvalue weighted by Gasteiger charge is -2.05. The Hall–Kier alpha value is -1.66. The maximum Gasteiger partial charge on any atom is 0.149 e. The lowest BCUT2D eigenvalue weighted by Crippen LogP contribution is -2.05. The molecule has 3 nitrogen and oxygen atoms in total.